The number of sulfone groups is 1. The van der Waals surface area contributed by atoms with Gasteiger partial charge in [0, 0.05) is 22.8 Å². The molecule has 0 atom stereocenters. The van der Waals surface area contributed by atoms with E-state index in [1.165, 1.54) is 13.1 Å². The summed E-state index contributed by atoms with van der Waals surface area (Å²) in [6, 6.07) is 13.2. The lowest BCUT2D eigenvalue weighted by Crippen LogP contribution is -2.24. The van der Waals surface area contributed by atoms with Crippen LogP contribution in [0.5, 0.6) is 0 Å². The Bertz CT molecular complexity index is 897. The van der Waals surface area contributed by atoms with E-state index in [0.29, 0.717) is 16.8 Å². The molecule has 132 valence electrons. The van der Waals surface area contributed by atoms with Crippen LogP contribution in [0.25, 0.3) is 0 Å². The van der Waals surface area contributed by atoms with Crippen LogP contribution in [0.4, 0.5) is 5.69 Å². The second-order valence-electron chi connectivity index (χ2n) is 5.37. The molecule has 0 aliphatic carbocycles. The molecular weight excluding hydrogens is 408 g/mol. The van der Waals surface area contributed by atoms with Crippen LogP contribution in [-0.4, -0.2) is 33.0 Å². The molecule has 0 saturated heterocycles. The molecule has 0 spiro atoms. The number of carbonyl (C=O) groups is 2. The number of amides is 2. The third-order valence-corrected chi connectivity index (χ3v) is 5.23. The maximum absolute atomic E-state index is 12.2. The van der Waals surface area contributed by atoms with Crippen molar-refractivity contribution < 1.29 is 18.0 Å². The minimum atomic E-state index is -3.61. The zero-order valence-corrected chi connectivity index (χ0v) is 15.9. The van der Waals surface area contributed by atoms with Crippen molar-refractivity contribution in [3.8, 4) is 0 Å². The van der Waals surface area contributed by atoms with Crippen LogP contribution in [0.3, 0.4) is 0 Å². The fraction of sp³-hybridized carbons (Fsp3) is 0.176. The summed E-state index contributed by atoms with van der Waals surface area (Å²) >= 11 is 3.28. The standard InChI is InChI=1S/C17H17BrN2O4S/c1-19-17(22)13-5-3-7-15(9-13)20-16(21)11-25(23,24)10-12-4-2-6-14(18)8-12/h2-9H,10-11H2,1H3,(H,19,22)(H,20,21). The Morgan fingerprint density at radius 2 is 1.80 bits per heavy atom. The van der Waals surface area contributed by atoms with E-state index in [1.54, 1.807) is 42.5 Å². The van der Waals surface area contributed by atoms with E-state index >= 15 is 0 Å². The first-order chi connectivity index (χ1) is 11.8. The Morgan fingerprint density at radius 1 is 1.08 bits per heavy atom. The van der Waals surface area contributed by atoms with Gasteiger partial charge in [-0.3, -0.25) is 9.59 Å². The molecule has 2 aromatic carbocycles. The molecule has 2 N–H and O–H groups in total. The number of nitrogens with one attached hydrogen (secondary N) is 2. The molecule has 25 heavy (non-hydrogen) atoms. The van der Waals surface area contributed by atoms with Crippen molar-refractivity contribution in [1.82, 2.24) is 5.32 Å². The van der Waals surface area contributed by atoms with Gasteiger partial charge in [0.1, 0.15) is 5.75 Å². The number of halogens is 1. The largest absolute Gasteiger partial charge is 0.355 e. The van der Waals surface area contributed by atoms with Gasteiger partial charge in [0.2, 0.25) is 5.91 Å². The second kappa shape index (κ2) is 8.26. The van der Waals surface area contributed by atoms with Gasteiger partial charge in [0.25, 0.3) is 5.91 Å². The van der Waals surface area contributed by atoms with E-state index in [0.717, 1.165) is 4.47 Å². The van der Waals surface area contributed by atoms with Crippen LogP contribution < -0.4 is 10.6 Å². The van der Waals surface area contributed by atoms with Crippen molar-refractivity contribution in [2.24, 2.45) is 0 Å². The zero-order chi connectivity index (χ0) is 18.4. The quantitative estimate of drug-likeness (QED) is 0.744. The van der Waals surface area contributed by atoms with E-state index in [-0.39, 0.29) is 11.7 Å². The van der Waals surface area contributed by atoms with Gasteiger partial charge in [0.15, 0.2) is 9.84 Å². The van der Waals surface area contributed by atoms with Gasteiger partial charge in [-0.1, -0.05) is 34.1 Å². The zero-order valence-electron chi connectivity index (χ0n) is 13.5. The molecule has 0 aliphatic rings. The summed E-state index contributed by atoms with van der Waals surface area (Å²) in [5.74, 6) is -1.80. The van der Waals surface area contributed by atoms with Crippen molar-refractivity contribution >= 4 is 43.3 Å². The summed E-state index contributed by atoms with van der Waals surface area (Å²) in [7, 11) is -2.11. The summed E-state index contributed by atoms with van der Waals surface area (Å²) in [5, 5.41) is 4.99. The van der Waals surface area contributed by atoms with Crippen LogP contribution in [0, 0.1) is 0 Å². The molecule has 0 aliphatic heterocycles. The molecule has 8 heteroatoms. The Balaban J connectivity index is 2.03. The fourth-order valence-corrected chi connectivity index (χ4v) is 3.92. The van der Waals surface area contributed by atoms with Crippen molar-refractivity contribution in [3.63, 3.8) is 0 Å². The smallest absolute Gasteiger partial charge is 0.251 e. The second-order valence-corrected chi connectivity index (χ2v) is 8.35. The van der Waals surface area contributed by atoms with Crippen LogP contribution in [0.2, 0.25) is 0 Å². The number of anilines is 1. The molecule has 0 heterocycles. The van der Waals surface area contributed by atoms with Crippen LogP contribution in [-0.2, 0) is 20.4 Å². The predicted octanol–water partition coefficient (Wildman–Crippen LogP) is 2.36. The number of hydrogen-bond acceptors (Lipinski definition) is 4. The third kappa shape index (κ3) is 5.99. The third-order valence-electron chi connectivity index (χ3n) is 3.26. The van der Waals surface area contributed by atoms with E-state index in [2.05, 4.69) is 26.6 Å². The van der Waals surface area contributed by atoms with Crippen molar-refractivity contribution in [2.45, 2.75) is 5.75 Å². The first kappa shape index (κ1) is 19.1. The molecular formula is C17H17BrN2O4S. The monoisotopic (exact) mass is 424 g/mol. The van der Waals surface area contributed by atoms with Gasteiger partial charge in [-0.15, -0.1) is 0 Å². The molecule has 2 aromatic rings. The summed E-state index contributed by atoms with van der Waals surface area (Å²) in [4.78, 5) is 23.6. The highest BCUT2D eigenvalue weighted by Gasteiger charge is 2.18. The van der Waals surface area contributed by atoms with E-state index < -0.39 is 21.5 Å². The Morgan fingerprint density at radius 3 is 2.48 bits per heavy atom. The highest BCUT2D eigenvalue weighted by molar-refractivity contribution is 9.10. The molecule has 0 saturated carbocycles. The first-order valence-corrected chi connectivity index (χ1v) is 9.97. The number of carbonyl (C=O) groups excluding carboxylic acids is 2. The summed E-state index contributed by atoms with van der Waals surface area (Å²) in [6.07, 6.45) is 0. The van der Waals surface area contributed by atoms with Crippen molar-refractivity contribution in [1.29, 1.82) is 0 Å². The molecule has 0 fully saturated rings. The number of benzene rings is 2. The van der Waals surface area contributed by atoms with Crippen molar-refractivity contribution in [2.75, 3.05) is 18.1 Å². The maximum atomic E-state index is 12.2. The topological polar surface area (TPSA) is 92.3 Å². The Hall–Kier alpha value is -2.19. The van der Waals surface area contributed by atoms with Gasteiger partial charge in [-0.2, -0.15) is 0 Å². The predicted molar refractivity (Wildman–Crippen MR) is 100 cm³/mol. The SMILES string of the molecule is CNC(=O)c1cccc(NC(=O)CS(=O)(=O)Cc2cccc(Br)c2)c1. The van der Waals surface area contributed by atoms with Crippen molar-refractivity contribution in [3.05, 3.63) is 64.1 Å². The maximum Gasteiger partial charge on any atom is 0.251 e. The average Bonchev–Trinajstić information content (AvgIpc) is 2.53. The molecule has 0 radical (unpaired) electrons. The number of rotatable bonds is 6. The Kier molecular flexibility index (Phi) is 6.33. The van der Waals surface area contributed by atoms with Gasteiger partial charge in [-0.25, -0.2) is 8.42 Å². The molecule has 0 bridgehead atoms. The highest BCUT2D eigenvalue weighted by atomic mass is 79.9. The minimum absolute atomic E-state index is 0.224. The van der Waals surface area contributed by atoms with Gasteiger partial charge in [-0.05, 0) is 35.9 Å². The fourth-order valence-electron chi connectivity index (χ4n) is 2.21. The van der Waals surface area contributed by atoms with E-state index in [1.807, 2.05) is 0 Å². The lowest BCUT2D eigenvalue weighted by molar-refractivity contribution is -0.113. The molecule has 2 amide bonds. The normalized spacial score (nSPS) is 11.0. The lowest BCUT2D eigenvalue weighted by Gasteiger charge is -2.08. The summed E-state index contributed by atoms with van der Waals surface area (Å²) in [5.41, 5.74) is 1.34. The van der Waals surface area contributed by atoms with Gasteiger partial charge < -0.3 is 10.6 Å². The highest BCUT2D eigenvalue weighted by Crippen LogP contribution is 2.15. The summed E-state index contributed by atoms with van der Waals surface area (Å²) in [6.45, 7) is 0. The van der Waals surface area contributed by atoms with Crippen LogP contribution in [0.1, 0.15) is 15.9 Å². The summed E-state index contributed by atoms with van der Waals surface area (Å²) < 4.78 is 25.2. The van der Waals surface area contributed by atoms with Gasteiger partial charge in [0.05, 0.1) is 5.75 Å². The van der Waals surface area contributed by atoms with E-state index in [4.69, 9.17) is 0 Å². The Labute approximate surface area is 154 Å². The lowest BCUT2D eigenvalue weighted by atomic mass is 10.2. The molecule has 0 aromatic heterocycles. The number of hydrogen-bond donors (Lipinski definition) is 2. The van der Waals surface area contributed by atoms with Gasteiger partial charge >= 0.3 is 0 Å². The average molecular weight is 425 g/mol. The molecule has 2 rings (SSSR count). The van der Waals surface area contributed by atoms with Crippen LogP contribution in [0.15, 0.2) is 53.0 Å². The first-order valence-electron chi connectivity index (χ1n) is 7.36. The molecule has 6 nitrogen and oxygen atoms in total. The van der Waals surface area contributed by atoms with Crippen LogP contribution >= 0.6 is 15.9 Å². The van der Waals surface area contributed by atoms with E-state index in [9.17, 15) is 18.0 Å². The minimum Gasteiger partial charge on any atom is -0.355 e. The molecule has 0 unspecified atom stereocenters.